The van der Waals surface area contributed by atoms with Crippen molar-refractivity contribution in [3.8, 4) is 11.5 Å². The molecule has 1 aliphatic rings. The zero-order chi connectivity index (χ0) is 18.6. The average molecular weight is 363 g/mol. The molecule has 1 aromatic carbocycles. The van der Waals surface area contributed by atoms with Gasteiger partial charge in [-0.1, -0.05) is 31.4 Å². The van der Waals surface area contributed by atoms with Crippen molar-refractivity contribution in [1.82, 2.24) is 10.2 Å². The highest BCUT2D eigenvalue weighted by molar-refractivity contribution is 5.40. The number of benzene rings is 1. The second-order valence-corrected chi connectivity index (χ2v) is 6.93. The molecule has 0 spiro atoms. The molecule has 0 radical (unpaired) electrons. The Morgan fingerprint density at radius 3 is 2.65 bits per heavy atom. The first-order valence-corrected chi connectivity index (χ1v) is 9.74. The maximum atomic E-state index is 10.4. The molecule has 0 unspecified atom stereocenters. The minimum atomic E-state index is -0.491. The summed E-state index contributed by atoms with van der Waals surface area (Å²) in [4.78, 5) is 2.37. The van der Waals surface area contributed by atoms with Crippen molar-refractivity contribution in [2.75, 3.05) is 39.9 Å². The van der Waals surface area contributed by atoms with Gasteiger partial charge in [0.2, 0.25) is 0 Å². The van der Waals surface area contributed by atoms with Crippen LogP contribution in [0, 0.1) is 0 Å². The van der Waals surface area contributed by atoms with Crippen LogP contribution >= 0.6 is 0 Å². The van der Waals surface area contributed by atoms with Gasteiger partial charge < -0.3 is 24.8 Å². The third-order valence-electron chi connectivity index (χ3n) is 4.73. The number of aliphatic hydroxyl groups excluding tert-OH is 1. The lowest BCUT2D eigenvalue weighted by molar-refractivity contribution is 0.0650. The number of hydrogen-bond donors (Lipinski definition) is 2. The molecule has 146 valence electrons. The van der Waals surface area contributed by atoms with E-state index in [1.54, 1.807) is 7.11 Å². The molecule has 0 amide bonds. The van der Waals surface area contributed by atoms with Crippen LogP contribution in [0.3, 0.4) is 0 Å². The SMILES string of the molecule is C=CCNCc1ccc(OC)cc1OC[C@@H](O)CN1CCCCCCC1. The summed E-state index contributed by atoms with van der Waals surface area (Å²) in [6.45, 7) is 8.26. The van der Waals surface area contributed by atoms with Gasteiger partial charge in [0, 0.05) is 31.3 Å². The molecule has 0 aromatic heterocycles. The first kappa shape index (κ1) is 20.7. The number of aliphatic hydroxyl groups is 1. The minimum Gasteiger partial charge on any atom is -0.497 e. The molecular weight excluding hydrogens is 328 g/mol. The summed E-state index contributed by atoms with van der Waals surface area (Å²) in [7, 11) is 1.64. The molecule has 0 aliphatic carbocycles. The molecular formula is C21H34N2O3. The molecule has 2 rings (SSSR count). The number of nitrogens with one attached hydrogen (secondary N) is 1. The Kier molecular flexibility index (Phi) is 9.53. The lowest BCUT2D eigenvalue weighted by Crippen LogP contribution is -2.37. The van der Waals surface area contributed by atoms with Crippen LogP contribution in [0.4, 0.5) is 0 Å². The van der Waals surface area contributed by atoms with E-state index in [0.29, 0.717) is 13.1 Å². The lowest BCUT2D eigenvalue weighted by atomic mass is 10.1. The largest absolute Gasteiger partial charge is 0.497 e. The van der Waals surface area contributed by atoms with E-state index < -0.39 is 6.10 Å². The van der Waals surface area contributed by atoms with Crippen molar-refractivity contribution in [3.63, 3.8) is 0 Å². The van der Waals surface area contributed by atoms with Gasteiger partial charge in [-0.15, -0.1) is 6.58 Å². The number of rotatable bonds is 10. The highest BCUT2D eigenvalue weighted by atomic mass is 16.5. The number of hydrogen-bond acceptors (Lipinski definition) is 5. The topological polar surface area (TPSA) is 54.0 Å². The van der Waals surface area contributed by atoms with E-state index in [4.69, 9.17) is 9.47 Å². The molecule has 5 heteroatoms. The average Bonchev–Trinajstić information content (AvgIpc) is 2.63. The second kappa shape index (κ2) is 11.9. The Hall–Kier alpha value is -1.56. The van der Waals surface area contributed by atoms with Crippen LogP contribution in [-0.2, 0) is 6.54 Å². The quantitative estimate of drug-likeness (QED) is 0.495. The van der Waals surface area contributed by atoms with E-state index in [9.17, 15) is 5.11 Å². The molecule has 1 aromatic rings. The standard InChI is InChI=1S/C21H34N2O3/c1-3-11-22-15-18-9-10-20(25-2)14-21(18)26-17-19(24)16-23-12-7-5-4-6-8-13-23/h3,9-10,14,19,22,24H,1,4-8,11-13,15-17H2,2H3/t19-/m0/s1. The van der Waals surface area contributed by atoms with Crippen molar-refractivity contribution < 1.29 is 14.6 Å². The molecule has 1 atom stereocenters. The van der Waals surface area contributed by atoms with E-state index in [-0.39, 0.29) is 6.61 Å². The van der Waals surface area contributed by atoms with Gasteiger partial charge in [0.15, 0.2) is 0 Å². The van der Waals surface area contributed by atoms with Crippen LogP contribution in [0.15, 0.2) is 30.9 Å². The summed E-state index contributed by atoms with van der Waals surface area (Å²) >= 11 is 0. The fraction of sp³-hybridized carbons (Fsp3) is 0.619. The van der Waals surface area contributed by atoms with Crippen LogP contribution in [0.25, 0.3) is 0 Å². The van der Waals surface area contributed by atoms with Crippen LogP contribution in [0.2, 0.25) is 0 Å². The van der Waals surface area contributed by atoms with E-state index in [0.717, 1.165) is 36.7 Å². The summed E-state index contributed by atoms with van der Waals surface area (Å²) in [5.41, 5.74) is 1.05. The van der Waals surface area contributed by atoms with Crippen molar-refractivity contribution in [2.24, 2.45) is 0 Å². The first-order valence-electron chi connectivity index (χ1n) is 9.74. The smallest absolute Gasteiger partial charge is 0.127 e. The minimum absolute atomic E-state index is 0.290. The normalized spacial score (nSPS) is 17.2. The molecule has 26 heavy (non-hydrogen) atoms. The van der Waals surface area contributed by atoms with Crippen LogP contribution in [0.5, 0.6) is 11.5 Å². The lowest BCUT2D eigenvalue weighted by Gasteiger charge is -2.27. The molecule has 0 saturated carbocycles. The van der Waals surface area contributed by atoms with Crippen molar-refractivity contribution >= 4 is 0 Å². The van der Waals surface area contributed by atoms with Crippen molar-refractivity contribution in [1.29, 1.82) is 0 Å². The predicted octanol–water partition coefficient (Wildman–Crippen LogP) is 2.98. The van der Waals surface area contributed by atoms with Crippen molar-refractivity contribution in [2.45, 2.75) is 44.8 Å². The van der Waals surface area contributed by atoms with Gasteiger partial charge in [-0.25, -0.2) is 0 Å². The van der Waals surface area contributed by atoms with Gasteiger partial charge >= 0.3 is 0 Å². The van der Waals surface area contributed by atoms with E-state index in [1.165, 1.54) is 32.1 Å². The highest BCUT2D eigenvalue weighted by Crippen LogP contribution is 2.25. The third kappa shape index (κ3) is 7.36. The summed E-state index contributed by atoms with van der Waals surface area (Å²) in [5, 5.41) is 13.7. The maximum Gasteiger partial charge on any atom is 0.127 e. The van der Waals surface area contributed by atoms with Crippen LogP contribution in [-0.4, -0.2) is 56.0 Å². The van der Waals surface area contributed by atoms with Gasteiger partial charge in [-0.3, -0.25) is 0 Å². The van der Waals surface area contributed by atoms with Crippen LogP contribution < -0.4 is 14.8 Å². The van der Waals surface area contributed by atoms with Crippen molar-refractivity contribution in [3.05, 3.63) is 36.4 Å². The monoisotopic (exact) mass is 362 g/mol. The highest BCUT2D eigenvalue weighted by Gasteiger charge is 2.15. The number of β-amino-alcohol motifs (C(OH)–C–C–N with tert-alkyl or cyclic N) is 1. The Bertz CT molecular complexity index is 528. The van der Waals surface area contributed by atoms with Gasteiger partial charge in [0.05, 0.1) is 7.11 Å². The van der Waals surface area contributed by atoms with Crippen LogP contribution in [0.1, 0.15) is 37.7 Å². The Balaban J connectivity index is 1.88. The fourth-order valence-corrected chi connectivity index (χ4v) is 3.28. The molecule has 2 N–H and O–H groups in total. The molecule has 1 fully saturated rings. The van der Waals surface area contributed by atoms with Gasteiger partial charge in [-0.05, 0) is 32.0 Å². The summed E-state index contributed by atoms with van der Waals surface area (Å²) < 4.78 is 11.2. The Labute approximate surface area is 158 Å². The van der Waals surface area contributed by atoms with Gasteiger partial charge in [-0.2, -0.15) is 0 Å². The summed E-state index contributed by atoms with van der Waals surface area (Å²) in [6, 6.07) is 5.80. The van der Waals surface area contributed by atoms with E-state index in [1.807, 2.05) is 24.3 Å². The number of likely N-dealkylation sites (tertiary alicyclic amines) is 1. The zero-order valence-corrected chi connectivity index (χ0v) is 16.1. The fourth-order valence-electron chi connectivity index (χ4n) is 3.28. The molecule has 0 bridgehead atoms. The maximum absolute atomic E-state index is 10.4. The van der Waals surface area contributed by atoms with E-state index in [2.05, 4.69) is 16.8 Å². The van der Waals surface area contributed by atoms with Gasteiger partial charge in [0.25, 0.3) is 0 Å². The summed E-state index contributed by atoms with van der Waals surface area (Å²) in [6.07, 6.45) is 7.73. The first-order chi connectivity index (χ1) is 12.7. The zero-order valence-electron chi connectivity index (χ0n) is 16.1. The molecule has 1 heterocycles. The number of nitrogens with zero attached hydrogens (tertiary/aromatic N) is 1. The predicted molar refractivity (Wildman–Crippen MR) is 106 cm³/mol. The second-order valence-electron chi connectivity index (χ2n) is 6.93. The van der Waals surface area contributed by atoms with Gasteiger partial charge in [0.1, 0.15) is 24.2 Å². The number of ether oxygens (including phenoxy) is 2. The molecule has 1 saturated heterocycles. The Morgan fingerprint density at radius 2 is 1.96 bits per heavy atom. The Morgan fingerprint density at radius 1 is 1.23 bits per heavy atom. The number of methoxy groups -OCH3 is 1. The molecule has 5 nitrogen and oxygen atoms in total. The summed E-state index contributed by atoms with van der Waals surface area (Å²) in [5.74, 6) is 1.51. The third-order valence-corrected chi connectivity index (χ3v) is 4.73. The molecule has 1 aliphatic heterocycles. The van der Waals surface area contributed by atoms with E-state index >= 15 is 0 Å².